The summed E-state index contributed by atoms with van der Waals surface area (Å²) in [5.74, 6) is 0. The molecule has 2 N–H and O–H groups in total. The number of alkyl halides is 3. The summed E-state index contributed by atoms with van der Waals surface area (Å²) in [5, 5.41) is 8.80. The van der Waals surface area contributed by atoms with E-state index in [0.717, 1.165) is 16.4 Å². The van der Waals surface area contributed by atoms with Crippen molar-refractivity contribution in [3.8, 4) is 6.07 Å². The molecule has 114 valence electrons. The lowest BCUT2D eigenvalue weighted by atomic mass is 10.1. The van der Waals surface area contributed by atoms with Gasteiger partial charge in [-0.2, -0.15) is 22.7 Å². The zero-order chi connectivity index (χ0) is 15.8. The van der Waals surface area contributed by atoms with Crippen molar-refractivity contribution in [3.05, 3.63) is 29.3 Å². The summed E-state index contributed by atoms with van der Waals surface area (Å²) >= 11 is 0. The van der Waals surface area contributed by atoms with Gasteiger partial charge in [-0.15, -0.1) is 0 Å². The molecule has 5 nitrogen and oxygen atoms in total. The monoisotopic (exact) mass is 319 g/mol. The van der Waals surface area contributed by atoms with E-state index in [0.29, 0.717) is 12.5 Å². The first-order valence-electron chi connectivity index (χ1n) is 6.03. The Kier molecular flexibility index (Phi) is 3.97. The van der Waals surface area contributed by atoms with Crippen LogP contribution >= 0.6 is 0 Å². The second-order valence-electron chi connectivity index (χ2n) is 4.73. The summed E-state index contributed by atoms with van der Waals surface area (Å²) in [6, 6.07) is 3.33. The fraction of sp³-hybridized carbons (Fsp3) is 0.417. The summed E-state index contributed by atoms with van der Waals surface area (Å²) < 4.78 is 63.8. The molecule has 0 saturated carbocycles. The lowest BCUT2D eigenvalue weighted by molar-refractivity contribution is -0.137. The van der Waals surface area contributed by atoms with Crippen LogP contribution < -0.4 is 5.73 Å². The molecule has 0 unspecified atom stereocenters. The van der Waals surface area contributed by atoms with E-state index < -0.39 is 27.3 Å². The molecule has 1 aliphatic heterocycles. The number of sulfonamides is 1. The van der Waals surface area contributed by atoms with Gasteiger partial charge in [0.1, 0.15) is 0 Å². The number of hydrogen-bond acceptors (Lipinski definition) is 4. The van der Waals surface area contributed by atoms with Gasteiger partial charge < -0.3 is 5.73 Å². The quantitative estimate of drug-likeness (QED) is 0.890. The first-order valence-corrected chi connectivity index (χ1v) is 7.47. The normalized spacial score (nSPS) is 20.4. The van der Waals surface area contributed by atoms with Gasteiger partial charge in [0.2, 0.25) is 10.0 Å². The minimum atomic E-state index is -4.71. The lowest BCUT2D eigenvalue weighted by Crippen LogP contribution is -2.32. The van der Waals surface area contributed by atoms with Crippen LogP contribution in [0.3, 0.4) is 0 Å². The van der Waals surface area contributed by atoms with E-state index in [1.165, 1.54) is 6.07 Å². The van der Waals surface area contributed by atoms with E-state index in [9.17, 15) is 21.6 Å². The van der Waals surface area contributed by atoms with Gasteiger partial charge in [-0.3, -0.25) is 0 Å². The number of benzene rings is 1. The van der Waals surface area contributed by atoms with Gasteiger partial charge in [-0.05, 0) is 24.6 Å². The molecule has 0 radical (unpaired) electrons. The summed E-state index contributed by atoms with van der Waals surface area (Å²) in [6.07, 6.45) is -4.21. The molecule has 0 amide bonds. The van der Waals surface area contributed by atoms with Crippen molar-refractivity contribution in [2.45, 2.75) is 23.5 Å². The van der Waals surface area contributed by atoms with Crippen molar-refractivity contribution in [2.24, 2.45) is 5.73 Å². The number of hydrogen-bond donors (Lipinski definition) is 1. The predicted octanol–water partition coefficient (Wildman–Crippen LogP) is 1.30. The number of nitriles is 1. The van der Waals surface area contributed by atoms with E-state index in [1.54, 1.807) is 0 Å². The predicted molar refractivity (Wildman–Crippen MR) is 67.5 cm³/mol. The Balaban J connectivity index is 2.45. The Morgan fingerprint density at radius 2 is 2.05 bits per heavy atom. The Labute approximate surface area is 119 Å². The Morgan fingerprint density at radius 3 is 2.52 bits per heavy atom. The van der Waals surface area contributed by atoms with Crippen LogP contribution in [0.25, 0.3) is 0 Å². The molecule has 1 aromatic carbocycles. The topological polar surface area (TPSA) is 87.2 Å². The third-order valence-corrected chi connectivity index (χ3v) is 5.10. The smallest absolute Gasteiger partial charge is 0.326 e. The highest BCUT2D eigenvalue weighted by atomic mass is 32.2. The molecule has 1 saturated heterocycles. The molecule has 21 heavy (non-hydrogen) atoms. The minimum Gasteiger partial charge on any atom is -0.326 e. The number of nitrogens with zero attached hydrogens (tertiary/aromatic N) is 2. The Hall–Kier alpha value is -1.63. The molecule has 1 aromatic rings. The maximum atomic E-state index is 12.7. The average molecular weight is 319 g/mol. The molecular weight excluding hydrogens is 307 g/mol. The SMILES string of the molecule is N#Cc1cc(S(=O)(=O)N2CC[C@H](N)C2)ccc1C(F)(F)F. The molecule has 1 atom stereocenters. The first kappa shape index (κ1) is 15.8. The molecule has 9 heteroatoms. The van der Waals surface area contributed by atoms with Crippen molar-refractivity contribution >= 4 is 10.0 Å². The number of rotatable bonds is 2. The number of nitrogens with two attached hydrogens (primary N) is 1. The maximum Gasteiger partial charge on any atom is 0.417 e. The second kappa shape index (κ2) is 5.29. The van der Waals surface area contributed by atoms with Gasteiger partial charge in [0.25, 0.3) is 0 Å². The molecule has 0 spiro atoms. The maximum absolute atomic E-state index is 12.7. The summed E-state index contributed by atoms with van der Waals surface area (Å²) in [6.45, 7) is 0.331. The lowest BCUT2D eigenvalue weighted by Gasteiger charge is -2.17. The van der Waals surface area contributed by atoms with Gasteiger partial charge in [-0.1, -0.05) is 0 Å². The molecular formula is C12H12F3N3O2S. The summed E-state index contributed by atoms with van der Waals surface area (Å²) in [7, 11) is -3.93. The molecule has 2 rings (SSSR count). The highest BCUT2D eigenvalue weighted by Crippen LogP contribution is 2.33. The van der Waals surface area contributed by atoms with Crippen LogP contribution in [0.1, 0.15) is 17.5 Å². The first-order chi connectivity index (χ1) is 9.66. The molecule has 1 aliphatic rings. The molecule has 0 aromatic heterocycles. The van der Waals surface area contributed by atoms with E-state index in [4.69, 9.17) is 11.0 Å². The minimum absolute atomic E-state index is 0.116. The molecule has 1 fully saturated rings. The second-order valence-corrected chi connectivity index (χ2v) is 6.67. The van der Waals surface area contributed by atoms with E-state index in [-0.39, 0.29) is 24.0 Å². The van der Waals surface area contributed by atoms with Crippen LogP contribution in [0.5, 0.6) is 0 Å². The van der Waals surface area contributed by atoms with Gasteiger partial charge in [0.15, 0.2) is 0 Å². The van der Waals surface area contributed by atoms with Crippen LogP contribution in [0.2, 0.25) is 0 Å². The Morgan fingerprint density at radius 1 is 1.38 bits per heavy atom. The van der Waals surface area contributed by atoms with Crippen molar-refractivity contribution in [2.75, 3.05) is 13.1 Å². The van der Waals surface area contributed by atoms with E-state index in [1.807, 2.05) is 0 Å². The molecule has 0 aliphatic carbocycles. The summed E-state index contributed by atoms with van der Waals surface area (Å²) in [4.78, 5) is -0.332. The van der Waals surface area contributed by atoms with E-state index in [2.05, 4.69) is 0 Å². The van der Waals surface area contributed by atoms with Gasteiger partial charge in [0.05, 0.1) is 22.1 Å². The zero-order valence-corrected chi connectivity index (χ0v) is 11.6. The molecule has 1 heterocycles. The molecule has 0 bridgehead atoms. The van der Waals surface area contributed by atoms with Crippen LogP contribution in [-0.4, -0.2) is 31.9 Å². The highest BCUT2D eigenvalue weighted by molar-refractivity contribution is 7.89. The Bertz CT molecular complexity index is 695. The van der Waals surface area contributed by atoms with Gasteiger partial charge >= 0.3 is 6.18 Å². The van der Waals surface area contributed by atoms with Crippen molar-refractivity contribution in [1.82, 2.24) is 4.31 Å². The summed E-state index contributed by atoms with van der Waals surface area (Å²) in [5.41, 5.74) is 3.76. The van der Waals surface area contributed by atoms with Crippen LogP contribution in [-0.2, 0) is 16.2 Å². The van der Waals surface area contributed by atoms with Crippen LogP contribution in [0, 0.1) is 11.3 Å². The van der Waals surface area contributed by atoms with Crippen molar-refractivity contribution in [1.29, 1.82) is 5.26 Å². The van der Waals surface area contributed by atoms with Gasteiger partial charge in [-0.25, -0.2) is 8.42 Å². The van der Waals surface area contributed by atoms with Crippen LogP contribution in [0.4, 0.5) is 13.2 Å². The van der Waals surface area contributed by atoms with Gasteiger partial charge in [0, 0.05) is 19.1 Å². The number of halogens is 3. The zero-order valence-electron chi connectivity index (χ0n) is 10.8. The fourth-order valence-electron chi connectivity index (χ4n) is 2.14. The fourth-order valence-corrected chi connectivity index (χ4v) is 3.68. The average Bonchev–Trinajstić information content (AvgIpc) is 2.84. The third-order valence-electron chi connectivity index (χ3n) is 3.24. The highest BCUT2D eigenvalue weighted by Gasteiger charge is 2.36. The third kappa shape index (κ3) is 3.02. The standard InChI is InChI=1S/C12H12F3N3O2S/c13-12(14,15)11-2-1-10(5-8(11)6-16)21(19,20)18-4-3-9(17)7-18/h1-2,5,9H,3-4,7,17H2/t9-/m0/s1. The van der Waals surface area contributed by atoms with Crippen molar-refractivity contribution in [3.63, 3.8) is 0 Å². The largest absolute Gasteiger partial charge is 0.417 e. The van der Waals surface area contributed by atoms with Crippen molar-refractivity contribution < 1.29 is 21.6 Å². The van der Waals surface area contributed by atoms with E-state index >= 15 is 0 Å². The van der Waals surface area contributed by atoms with Crippen LogP contribution in [0.15, 0.2) is 23.1 Å².